The van der Waals surface area contributed by atoms with Gasteiger partial charge in [0.1, 0.15) is 0 Å². The van der Waals surface area contributed by atoms with Crippen molar-refractivity contribution >= 4 is 17.3 Å². The smallest absolute Gasteiger partial charge is 0.0429 e. The number of hydrogen-bond donors (Lipinski definition) is 1. The number of nitrogens with zero attached hydrogens (tertiary/aromatic N) is 1. The fourth-order valence-electron chi connectivity index (χ4n) is 2.48. The molecule has 0 aliphatic heterocycles. The van der Waals surface area contributed by atoms with E-state index in [9.17, 15) is 0 Å². The lowest BCUT2D eigenvalue weighted by molar-refractivity contribution is 0.669. The fourth-order valence-corrected chi connectivity index (χ4v) is 2.65. The van der Waals surface area contributed by atoms with Crippen molar-refractivity contribution in [2.45, 2.75) is 52.1 Å². The second-order valence-electron chi connectivity index (χ2n) is 5.37. The molecule has 0 unspecified atom stereocenters. The van der Waals surface area contributed by atoms with Crippen LogP contribution in [0.15, 0.2) is 18.2 Å². The SMILES string of the molecule is CCCNCc1ccc(Cl)cc1N(CCC)C1CC1. The average Bonchev–Trinajstić information content (AvgIpc) is 3.22. The molecule has 19 heavy (non-hydrogen) atoms. The van der Waals surface area contributed by atoms with Crippen LogP contribution in [0.2, 0.25) is 5.02 Å². The van der Waals surface area contributed by atoms with E-state index < -0.39 is 0 Å². The van der Waals surface area contributed by atoms with E-state index in [-0.39, 0.29) is 0 Å². The first-order valence-corrected chi connectivity index (χ1v) is 7.89. The number of nitrogens with one attached hydrogen (secondary N) is 1. The van der Waals surface area contributed by atoms with E-state index >= 15 is 0 Å². The Balaban J connectivity index is 2.16. The highest BCUT2D eigenvalue weighted by Gasteiger charge is 2.29. The van der Waals surface area contributed by atoms with Crippen LogP contribution in [0.4, 0.5) is 5.69 Å². The molecule has 1 N–H and O–H groups in total. The van der Waals surface area contributed by atoms with Crippen molar-refractivity contribution in [3.8, 4) is 0 Å². The summed E-state index contributed by atoms with van der Waals surface area (Å²) in [6.45, 7) is 7.58. The molecule has 1 aromatic rings. The quantitative estimate of drug-likeness (QED) is 0.717. The maximum absolute atomic E-state index is 6.20. The third kappa shape index (κ3) is 4.12. The summed E-state index contributed by atoms with van der Waals surface area (Å²) >= 11 is 6.20. The molecule has 1 aliphatic rings. The Bertz CT molecular complexity index is 402. The van der Waals surface area contributed by atoms with E-state index in [4.69, 9.17) is 11.6 Å². The Morgan fingerprint density at radius 2 is 2.05 bits per heavy atom. The molecule has 0 aromatic heterocycles. The lowest BCUT2D eigenvalue weighted by Crippen LogP contribution is -2.28. The summed E-state index contributed by atoms with van der Waals surface area (Å²) in [6, 6.07) is 7.05. The molecule has 0 heterocycles. The van der Waals surface area contributed by atoms with Crippen molar-refractivity contribution in [2.75, 3.05) is 18.0 Å². The van der Waals surface area contributed by atoms with Gasteiger partial charge in [-0.05, 0) is 49.9 Å². The van der Waals surface area contributed by atoms with Crippen molar-refractivity contribution in [3.05, 3.63) is 28.8 Å². The van der Waals surface area contributed by atoms with Crippen molar-refractivity contribution in [1.82, 2.24) is 5.32 Å². The standard InChI is InChI=1S/C16H25ClN2/c1-3-9-18-12-13-5-6-14(17)11-16(13)19(10-4-2)15-7-8-15/h5-6,11,15,18H,3-4,7-10,12H2,1-2H3. The zero-order valence-corrected chi connectivity index (χ0v) is 12.8. The number of halogens is 1. The molecule has 106 valence electrons. The third-order valence-electron chi connectivity index (χ3n) is 3.55. The predicted molar refractivity (Wildman–Crippen MR) is 84.1 cm³/mol. The summed E-state index contributed by atoms with van der Waals surface area (Å²) in [6.07, 6.45) is 5.01. The maximum Gasteiger partial charge on any atom is 0.0429 e. The zero-order chi connectivity index (χ0) is 13.7. The van der Waals surface area contributed by atoms with E-state index in [1.54, 1.807) is 0 Å². The Kier molecular flexibility index (Phi) is 5.53. The number of benzene rings is 1. The lowest BCUT2D eigenvalue weighted by Gasteiger charge is -2.27. The molecule has 0 spiro atoms. The molecule has 0 amide bonds. The second kappa shape index (κ2) is 7.16. The first kappa shape index (κ1) is 14.7. The van der Waals surface area contributed by atoms with Crippen LogP contribution in [0.25, 0.3) is 0 Å². The van der Waals surface area contributed by atoms with Crippen LogP contribution in [-0.4, -0.2) is 19.1 Å². The molecule has 1 saturated carbocycles. The summed E-state index contributed by atoms with van der Waals surface area (Å²) in [5.41, 5.74) is 2.71. The minimum atomic E-state index is 0.739. The van der Waals surface area contributed by atoms with Crippen molar-refractivity contribution in [2.24, 2.45) is 0 Å². The van der Waals surface area contributed by atoms with Crippen LogP contribution >= 0.6 is 11.6 Å². The molecule has 0 bridgehead atoms. The average molecular weight is 281 g/mol. The molecule has 0 atom stereocenters. The van der Waals surface area contributed by atoms with Crippen LogP contribution < -0.4 is 10.2 Å². The Labute approximate surface area is 122 Å². The van der Waals surface area contributed by atoms with E-state index in [1.165, 1.54) is 36.9 Å². The van der Waals surface area contributed by atoms with Crippen LogP contribution in [-0.2, 0) is 6.54 Å². The van der Waals surface area contributed by atoms with Gasteiger partial charge in [-0.2, -0.15) is 0 Å². The molecule has 2 rings (SSSR count). The highest BCUT2D eigenvalue weighted by molar-refractivity contribution is 6.30. The summed E-state index contributed by atoms with van der Waals surface area (Å²) in [5, 5.41) is 4.34. The van der Waals surface area contributed by atoms with Crippen LogP contribution in [0.1, 0.15) is 45.1 Å². The molecular formula is C16H25ClN2. The van der Waals surface area contributed by atoms with Gasteiger partial charge in [-0.15, -0.1) is 0 Å². The summed E-state index contributed by atoms with van der Waals surface area (Å²) in [4.78, 5) is 2.55. The van der Waals surface area contributed by atoms with E-state index in [2.05, 4.69) is 36.2 Å². The molecule has 1 fully saturated rings. The van der Waals surface area contributed by atoms with Crippen molar-refractivity contribution < 1.29 is 0 Å². The molecule has 0 saturated heterocycles. The van der Waals surface area contributed by atoms with Gasteiger partial charge in [-0.3, -0.25) is 0 Å². The fraction of sp³-hybridized carbons (Fsp3) is 0.625. The Morgan fingerprint density at radius 3 is 2.68 bits per heavy atom. The first-order chi connectivity index (χ1) is 9.26. The topological polar surface area (TPSA) is 15.3 Å². The Morgan fingerprint density at radius 1 is 1.26 bits per heavy atom. The van der Waals surface area contributed by atoms with Crippen molar-refractivity contribution in [3.63, 3.8) is 0 Å². The molecule has 2 nitrogen and oxygen atoms in total. The third-order valence-corrected chi connectivity index (χ3v) is 3.79. The van der Waals surface area contributed by atoms with Gasteiger partial charge in [-0.1, -0.05) is 31.5 Å². The van der Waals surface area contributed by atoms with Crippen molar-refractivity contribution in [1.29, 1.82) is 0 Å². The molecule has 3 heteroatoms. The van der Waals surface area contributed by atoms with Gasteiger partial charge < -0.3 is 10.2 Å². The molecule has 1 aromatic carbocycles. The lowest BCUT2D eigenvalue weighted by atomic mass is 10.1. The van der Waals surface area contributed by atoms with E-state index in [1.807, 2.05) is 6.07 Å². The molecule has 0 radical (unpaired) electrons. The number of anilines is 1. The number of hydrogen-bond acceptors (Lipinski definition) is 2. The maximum atomic E-state index is 6.20. The largest absolute Gasteiger partial charge is 0.368 e. The number of rotatable bonds is 8. The van der Waals surface area contributed by atoms with Gasteiger partial charge in [-0.25, -0.2) is 0 Å². The summed E-state index contributed by atoms with van der Waals surface area (Å²) < 4.78 is 0. The van der Waals surface area contributed by atoms with Crippen LogP contribution in [0, 0.1) is 0 Å². The van der Waals surface area contributed by atoms with Gasteiger partial charge in [0.15, 0.2) is 0 Å². The first-order valence-electron chi connectivity index (χ1n) is 7.52. The van der Waals surface area contributed by atoms with Crippen LogP contribution in [0.3, 0.4) is 0 Å². The molecule has 1 aliphatic carbocycles. The highest BCUT2D eigenvalue weighted by atomic mass is 35.5. The molecular weight excluding hydrogens is 256 g/mol. The normalized spacial score (nSPS) is 14.7. The van der Waals surface area contributed by atoms with E-state index in [0.717, 1.165) is 30.7 Å². The van der Waals surface area contributed by atoms with Gasteiger partial charge >= 0.3 is 0 Å². The highest BCUT2D eigenvalue weighted by Crippen LogP contribution is 2.35. The van der Waals surface area contributed by atoms with Gasteiger partial charge in [0.2, 0.25) is 0 Å². The summed E-state index contributed by atoms with van der Waals surface area (Å²) in [7, 11) is 0. The minimum absolute atomic E-state index is 0.739. The zero-order valence-electron chi connectivity index (χ0n) is 12.1. The predicted octanol–water partition coefficient (Wildman–Crippen LogP) is 4.22. The summed E-state index contributed by atoms with van der Waals surface area (Å²) in [5.74, 6) is 0. The monoisotopic (exact) mass is 280 g/mol. The van der Waals surface area contributed by atoms with E-state index in [0.29, 0.717) is 0 Å². The van der Waals surface area contributed by atoms with Crippen LogP contribution in [0.5, 0.6) is 0 Å². The second-order valence-corrected chi connectivity index (χ2v) is 5.81. The van der Waals surface area contributed by atoms with Gasteiger partial charge in [0.05, 0.1) is 0 Å². The van der Waals surface area contributed by atoms with Gasteiger partial charge in [0.25, 0.3) is 0 Å². The Hall–Kier alpha value is -0.730. The minimum Gasteiger partial charge on any atom is -0.368 e. The van der Waals surface area contributed by atoms with Gasteiger partial charge in [0, 0.05) is 29.8 Å².